The third-order valence-electron chi connectivity index (χ3n) is 4.34. The summed E-state index contributed by atoms with van der Waals surface area (Å²) in [5, 5.41) is 4.43. The molecule has 110 valence electrons. The summed E-state index contributed by atoms with van der Waals surface area (Å²) < 4.78 is 8.06. The zero-order chi connectivity index (χ0) is 14.5. The van der Waals surface area contributed by atoms with Crippen molar-refractivity contribution in [2.24, 2.45) is 0 Å². The topological polar surface area (TPSA) is 47.4 Å². The Balaban J connectivity index is 1.91. The van der Waals surface area contributed by atoms with Gasteiger partial charge in [0.25, 0.3) is 0 Å². The number of hydrogen-bond acceptors (Lipinski definition) is 4. The Morgan fingerprint density at radius 1 is 1.30 bits per heavy atom. The fourth-order valence-corrected chi connectivity index (χ4v) is 2.92. The van der Waals surface area contributed by atoms with Crippen LogP contribution in [0.25, 0.3) is 0 Å². The van der Waals surface area contributed by atoms with Crippen LogP contribution in [0.2, 0.25) is 0 Å². The first kappa shape index (κ1) is 13.6. The molecule has 0 aromatic carbocycles. The molecule has 1 spiro atoms. The number of carbonyl (C=O) groups is 1. The lowest BCUT2D eigenvalue weighted by atomic mass is 9.84. The number of fused-ring (bicyclic) bond motifs is 1. The van der Waals surface area contributed by atoms with Gasteiger partial charge in [0.1, 0.15) is 5.60 Å². The van der Waals surface area contributed by atoms with Gasteiger partial charge >= 0.3 is 0 Å². The number of ether oxygens (including phenoxy) is 1. The number of Topliss-reactive ketones (excluding diaryl/α,β-unsaturated/α-hetero) is 1. The van der Waals surface area contributed by atoms with E-state index in [9.17, 15) is 4.79 Å². The van der Waals surface area contributed by atoms with E-state index in [1.807, 2.05) is 10.9 Å². The highest BCUT2D eigenvalue weighted by molar-refractivity contribution is 5.98. The van der Waals surface area contributed by atoms with Crippen molar-refractivity contribution in [3.8, 4) is 5.75 Å². The molecule has 2 aliphatic heterocycles. The molecule has 1 saturated heterocycles. The Morgan fingerprint density at radius 2 is 1.95 bits per heavy atom. The molecular weight excluding hydrogens is 254 g/mol. The van der Waals surface area contributed by atoms with Gasteiger partial charge in [-0.2, -0.15) is 5.10 Å². The van der Waals surface area contributed by atoms with Crippen LogP contribution in [0.1, 0.15) is 50.5 Å². The van der Waals surface area contributed by atoms with Gasteiger partial charge < -0.3 is 9.64 Å². The van der Waals surface area contributed by atoms with Crippen molar-refractivity contribution in [2.75, 3.05) is 20.1 Å². The summed E-state index contributed by atoms with van der Waals surface area (Å²) in [6.07, 6.45) is 4.17. The van der Waals surface area contributed by atoms with Gasteiger partial charge in [0.15, 0.2) is 17.2 Å². The average Bonchev–Trinajstić information content (AvgIpc) is 2.77. The number of hydrogen-bond donors (Lipinski definition) is 0. The molecule has 3 heterocycles. The van der Waals surface area contributed by atoms with Crippen LogP contribution in [0, 0.1) is 0 Å². The maximum atomic E-state index is 12.4. The molecule has 5 nitrogen and oxygen atoms in total. The SMILES string of the molecule is CN1CCC2(CC1)CC(=O)c1nn(C(C)(C)C)cc1O2. The Kier molecular flexibility index (Phi) is 2.94. The molecule has 3 rings (SSSR count). The van der Waals surface area contributed by atoms with E-state index in [2.05, 4.69) is 37.8 Å². The number of carbonyl (C=O) groups excluding carboxylic acids is 1. The Hall–Kier alpha value is -1.36. The van der Waals surface area contributed by atoms with Crippen LogP contribution in [-0.4, -0.2) is 46.2 Å². The van der Waals surface area contributed by atoms with Crippen LogP contribution in [-0.2, 0) is 5.54 Å². The first-order chi connectivity index (χ1) is 9.29. The van der Waals surface area contributed by atoms with Crippen molar-refractivity contribution in [3.63, 3.8) is 0 Å². The van der Waals surface area contributed by atoms with Crippen molar-refractivity contribution in [3.05, 3.63) is 11.9 Å². The fraction of sp³-hybridized carbons (Fsp3) is 0.733. The minimum atomic E-state index is -0.303. The number of nitrogens with zero attached hydrogens (tertiary/aromatic N) is 3. The molecule has 5 heteroatoms. The Labute approximate surface area is 119 Å². The second-order valence-electron chi connectivity index (χ2n) is 7.15. The van der Waals surface area contributed by atoms with Crippen LogP contribution in [0.15, 0.2) is 6.20 Å². The van der Waals surface area contributed by atoms with E-state index in [-0.39, 0.29) is 16.9 Å². The quantitative estimate of drug-likeness (QED) is 0.728. The summed E-state index contributed by atoms with van der Waals surface area (Å²) in [5.41, 5.74) is 0.0629. The number of piperidine rings is 1. The first-order valence-electron chi connectivity index (χ1n) is 7.30. The van der Waals surface area contributed by atoms with Crippen molar-refractivity contribution in [2.45, 2.75) is 51.2 Å². The van der Waals surface area contributed by atoms with Gasteiger partial charge in [0.2, 0.25) is 0 Å². The molecule has 0 aliphatic carbocycles. The molecule has 0 saturated carbocycles. The molecule has 0 bridgehead atoms. The molecule has 0 atom stereocenters. The second-order valence-corrected chi connectivity index (χ2v) is 7.15. The smallest absolute Gasteiger partial charge is 0.190 e. The van der Waals surface area contributed by atoms with Gasteiger partial charge in [-0.05, 0) is 27.8 Å². The van der Waals surface area contributed by atoms with Crippen LogP contribution < -0.4 is 4.74 Å². The van der Waals surface area contributed by atoms with E-state index >= 15 is 0 Å². The third kappa shape index (κ3) is 2.24. The highest BCUT2D eigenvalue weighted by Gasteiger charge is 2.44. The molecule has 1 fully saturated rings. The number of likely N-dealkylation sites (tertiary alicyclic amines) is 1. The van der Waals surface area contributed by atoms with E-state index in [1.54, 1.807) is 0 Å². The van der Waals surface area contributed by atoms with Gasteiger partial charge in [0.05, 0.1) is 18.2 Å². The summed E-state index contributed by atoms with van der Waals surface area (Å²) in [5.74, 6) is 0.791. The van der Waals surface area contributed by atoms with Gasteiger partial charge in [-0.15, -0.1) is 0 Å². The highest BCUT2D eigenvalue weighted by atomic mass is 16.5. The monoisotopic (exact) mass is 277 g/mol. The molecular formula is C15H23N3O2. The predicted molar refractivity (Wildman–Crippen MR) is 76.3 cm³/mol. The van der Waals surface area contributed by atoms with Crippen molar-refractivity contribution < 1.29 is 9.53 Å². The maximum absolute atomic E-state index is 12.4. The summed E-state index contributed by atoms with van der Waals surface area (Å²) in [7, 11) is 2.11. The average molecular weight is 277 g/mol. The first-order valence-corrected chi connectivity index (χ1v) is 7.30. The van der Waals surface area contributed by atoms with Crippen molar-refractivity contribution in [1.82, 2.24) is 14.7 Å². The van der Waals surface area contributed by atoms with Crippen molar-refractivity contribution >= 4 is 5.78 Å². The standard InChI is InChI=1S/C15H23N3O2/c1-14(2,3)18-10-12-13(16-18)11(19)9-15(20-12)5-7-17(4)8-6-15/h10H,5-9H2,1-4H3. The zero-order valence-electron chi connectivity index (χ0n) is 12.8. The van der Waals surface area contributed by atoms with Crippen LogP contribution >= 0.6 is 0 Å². The van der Waals surface area contributed by atoms with Gasteiger partial charge in [0, 0.05) is 25.9 Å². The Bertz CT molecular complexity index is 534. The number of aromatic nitrogens is 2. The molecule has 0 unspecified atom stereocenters. The molecule has 20 heavy (non-hydrogen) atoms. The molecule has 2 aliphatic rings. The normalized spacial score (nSPS) is 22.7. The molecule has 1 aromatic heterocycles. The molecule has 0 radical (unpaired) electrons. The lowest BCUT2D eigenvalue weighted by Gasteiger charge is -2.41. The highest BCUT2D eigenvalue weighted by Crippen LogP contribution is 2.39. The number of ketones is 1. The van der Waals surface area contributed by atoms with Crippen LogP contribution in [0.5, 0.6) is 5.75 Å². The van der Waals surface area contributed by atoms with Gasteiger partial charge in [-0.25, -0.2) is 0 Å². The molecule has 0 amide bonds. The van der Waals surface area contributed by atoms with E-state index in [0.29, 0.717) is 17.9 Å². The minimum absolute atomic E-state index is 0.124. The maximum Gasteiger partial charge on any atom is 0.190 e. The predicted octanol–water partition coefficient (Wildman–Crippen LogP) is 2.07. The van der Waals surface area contributed by atoms with Crippen LogP contribution in [0.3, 0.4) is 0 Å². The van der Waals surface area contributed by atoms with Crippen LogP contribution in [0.4, 0.5) is 0 Å². The van der Waals surface area contributed by atoms with E-state index in [0.717, 1.165) is 25.9 Å². The van der Waals surface area contributed by atoms with E-state index in [1.165, 1.54) is 0 Å². The summed E-state index contributed by atoms with van der Waals surface area (Å²) in [4.78, 5) is 14.7. The lowest BCUT2D eigenvalue weighted by molar-refractivity contribution is -0.00384. The number of rotatable bonds is 0. The van der Waals surface area contributed by atoms with Gasteiger partial charge in [-0.1, -0.05) is 0 Å². The van der Waals surface area contributed by atoms with E-state index in [4.69, 9.17) is 4.74 Å². The minimum Gasteiger partial charge on any atom is -0.483 e. The zero-order valence-corrected chi connectivity index (χ0v) is 12.8. The third-order valence-corrected chi connectivity index (χ3v) is 4.34. The molecule has 1 aromatic rings. The van der Waals surface area contributed by atoms with Gasteiger partial charge in [-0.3, -0.25) is 9.48 Å². The lowest BCUT2D eigenvalue weighted by Crippen LogP contribution is -2.50. The Morgan fingerprint density at radius 3 is 2.55 bits per heavy atom. The largest absolute Gasteiger partial charge is 0.483 e. The summed E-state index contributed by atoms with van der Waals surface area (Å²) in [6.45, 7) is 8.18. The fourth-order valence-electron chi connectivity index (χ4n) is 2.92. The summed E-state index contributed by atoms with van der Waals surface area (Å²) >= 11 is 0. The molecule has 0 N–H and O–H groups in total. The summed E-state index contributed by atoms with van der Waals surface area (Å²) in [6, 6.07) is 0. The van der Waals surface area contributed by atoms with E-state index < -0.39 is 0 Å². The second kappa shape index (κ2) is 4.32. The van der Waals surface area contributed by atoms with Crippen molar-refractivity contribution in [1.29, 1.82) is 0 Å².